The highest BCUT2D eigenvalue weighted by Crippen LogP contribution is 2.75. The number of aliphatic hydroxyl groups is 1. The molecule has 1 nitrogen and oxygen atoms in total. The van der Waals surface area contributed by atoms with E-state index in [9.17, 15) is 5.11 Å². The summed E-state index contributed by atoms with van der Waals surface area (Å²) in [5.41, 5.74) is 4.31. The fourth-order valence-corrected chi connectivity index (χ4v) is 9.95. The molecule has 8 atom stereocenters. The first-order chi connectivity index (χ1) is 14.4. The van der Waals surface area contributed by atoms with E-state index >= 15 is 0 Å². The molecule has 0 aromatic rings. The van der Waals surface area contributed by atoms with Gasteiger partial charge >= 0.3 is 0 Å². The van der Waals surface area contributed by atoms with Gasteiger partial charge in [-0.2, -0.15) is 0 Å². The third kappa shape index (κ3) is 3.34. The minimum absolute atomic E-state index is 0.0590. The van der Waals surface area contributed by atoms with Crippen LogP contribution in [-0.4, -0.2) is 11.2 Å². The standard InChI is InChI=1S/C30H50O/c1-20(2)10-9-11-21(3)22-14-18-29(7)23(22)12-13-25-28(6)17-16-26(31)27(4,5)24(28)15-19-30(25,29)8/h10,22-26,31H,3,9,11-19H2,1-2,4-8H3/t22-,23+,24?,25-,26?,28+,29+,30-/m1/s1. The Morgan fingerprint density at radius 3 is 2.23 bits per heavy atom. The summed E-state index contributed by atoms with van der Waals surface area (Å²) in [5, 5.41) is 10.8. The summed E-state index contributed by atoms with van der Waals surface area (Å²) in [6.45, 7) is 21.8. The van der Waals surface area contributed by atoms with E-state index in [0.717, 1.165) is 30.6 Å². The van der Waals surface area contributed by atoms with Crippen molar-refractivity contribution in [2.24, 2.45) is 45.3 Å². The van der Waals surface area contributed by atoms with Crippen molar-refractivity contribution in [1.82, 2.24) is 0 Å². The summed E-state index contributed by atoms with van der Waals surface area (Å²) < 4.78 is 0. The molecule has 0 radical (unpaired) electrons. The average Bonchev–Trinajstić information content (AvgIpc) is 3.03. The van der Waals surface area contributed by atoms with E-state index in [0.29, 0.717) is 22.2 Å². The fourth-order valence-electron chi connectivity index (χ4n) is 9.95. The van der Waals surface area contributed by atoms with E-state index in [1.807, 2.05) is 0 Å². The average molecular weight is 427 g/mol. The predicted molar refractivity (Wildman–Crippen MR) is 133 cm³/mol. The van der Waals surface area contributed by atoms with E-state index in [-0.39, 0.29) is 11.5 Å². The second-order valence-corrected chi connectivity index (χ2v) is 13.7. The van der Waals surface area contributed by atoms with Gasteiger partial charge in [0, 0.05) is 0 Å². The molecule has 176 valence electrons. The predicted octanol–water partition coefficient (Wildman–Crippen LogP) is 8.34. The van der Waals surface area contributed by atoms with Crippen LogP contribution in [0.25, 0.3) is 0 Å². The van der Waals surface area contributed by atoms with Crippen LogP contribution in [0.1, 0.15) is 113 Å². The van der Waals surface area contributed by atoms with E-state index in [1.165, 1.54) is 62.5 Å². The maximum Gasteiger partial charge on any atom is 0.0594 e. The summed E-state index contributed by atoms with van der Waals surface area (Å²) in [5.74, 6) is 3.04. The van der Waals surface area contributed by atoms with Gasteiger partial charge in [0.2, 0.25) is 0 Å². The largest absolute Gasteiger partial charge is 0.393 e. The van der Waals surface area contributed by atoms with E-state index in [2.05, 4.69) is 61.1 Å². The summed E-state index contributed by atoms with van der Waals surface area (Å²) >= 11 is 0. The van der Waals surface area contributed by atoms with Crippen molar-refractivity contribution in [2.45, 2.75) is 119 Å². The molecule has 1 N–H and O–H groups in total. The van der Waals surface area contributed by atoms with Crippen LogP contribution in [0.3, 0.4) is 0 Å². The van der Waals surface area contributed by atoms with Crippen molar-refractivity contribution < 1.29 is 5.11 Å². The van der Waals surface area contributed by atoms with Crippen LogP contribution in [0.5, 0.6) is 0 Å². The van der Waals surface area contributed by atoms with Gasteiger partial charge in [-0.3, -0.25) is 0 Å². The minimum Gasteiger partial charge on any atom is -0.393 e. The van der Waals surface area contributed by atoms with Gasteiger partial charge in [-0.15, -0.1) is 0 Å². The van der Waals surface area contributed by atoms with Gasteiger partial charge in [0.05, 0.1) is 6.10 Å². The van der Waals surface area contributed by atoms with Gasteiger partial charge in [0.1, 0.15) is 0 Å². The Hall–Kier alpha value is -0.560. The van der Waals surface area contributed by atoms with Crippen LogP contribution in [0.15, 0.2) is 23.8 Å². The lowest BCUT2D eigenvalue weighted by Crippen LogP contribution is -2.63. The number of hydrogen-bond acceptors (Lipinski definition) is 1. The van der Waals surface area contributed by atoms with Gasteiger partial charge < -0.3 is 5.11 Å². The molecule has 0 aromatic carbocycles. The zero-order chi connectivity index (χ0) is 22.8. The maximum atomic E-state index is 10.8. The number of hydrogen-bond donors (Lipinski definition) is 1. The van der Waals surface area contributed by atoms with Crippen LogP contribution in [-0.2, 0) is 0 Å². The van der Waals surface area contributed by atoms with Gasteiger partial charge in [-0.05, 0) is 123 Å². The van der Waals surface area contributed by atoms with Crippen molar-refractivity contribution in [3.63, 3.8) is 0 Å². The minimum atomic E-state index is -0.123. The molecule has 0 bridgehead atoms. The van der Waals surface area contributed by atoms with Crippen LogP contribution in [0, 0.1) is 45.3 Å². The molecule has 0 amide bonds. The zero-order valence-corrected chi connectivity index (χ0v) is 21.7. The van der Waals surface area contributed by atoms with E-state index < -0.39 is 0 Å². The summed E-state index contributed by atoms with van der Waals surface area (Å²) in [6, 6.07) is 0. The lowest BCUT2D eigenvalue weighted by molar-refractivity contribution is -0.220. The van der Waals surface area contributed by atoms with Crippen LogP contribution < -0.4 is 0 Å². The van der Waals surface area contributed by atoms with E-state index in [1.54, 1.807) is 0 Å². The molecule has 4 saturated carbocycles. The van der Waals surface area contributed by atoms with Crippen LogP contribution >= 0.6 is 0 Å². The molecule has 0 spiro atoms. The van der Waals surface area contributed by atoms with Gasteiger partial charge in [-0.1, -0.05) is 58.4 Å². The second-order valence-electron chi connectivity index (χ2n) is 13.7. The number of rotatable bonds is 4. The molecule has 4 rings (SSSR count). The molecule has 1 heteroatoms. The summed E-state index contributed by atoms with van der Waals surface area (Å²) in [7, 11) is 0. The molecule has 4 aliphatic rings. The number of allylic oxidation sites excluding steroid dienone is 3. The molecule has 0 heterocycles. The van der Waals surface area contributed by atoms with Crippen molar-refractivity contribution in [2.75, 3.05) is 0 Å². The van der Waals surface area contributed by atoms with Crippen LogP contribution in [0.4, 0.5) is 0 Å². The molecule has 31 heavy (non-hydrogen) atoms. The van der Waals surface area contributed by atoms with Crippen molar-refractivity contribution in [3.05, 3.63) is 23.8 Å². The van der Waals surface area contributed by atoms with Gasteiger partial charge in [-0.25, -0.2) is 0 Å². The fraction of sp³-hybridized carbons (Fsp3) is 0.867. The van der Waals surface area contributed by atoms with Gasteiger partial charge in [0.15, 0.2) is 0 Å². The van der Waals surface area contributed by atoms with Crippen molar-refractivity contribution in [3.8, 4) is 0 Å². The number of aliphatic hydroxyl groups excluding tert-OH is 1. The smallest absolute Gasteiger partial charge is 0.0594 e. The molecular formula is C30H50O. The second kappa shape index (κ2) is 7.75. The third-order valence-electron chi connectivity index (χ3n) is 11.9. The highest BCUT2D eigenvalue weighted by Gasteiger charge is 2.68. The highest BCUT2D eigenvalue weighted by atomic mass is 16.3. The maximum absolute atomic E-state index is 10.8. The topological polar surface area (TPSA) is 20.2 Å². The molecule has 0 aliphatic heterocycles. The van der Waals surface area contributed by atoms with E-state index in [4.69, 9.17) is 0 Å². The summed E-state index contributed by atoms with van der Waals surface area (Å²) in [6.07, 6.45) is 15.0. The monoisotopic (exact) mass is 426 g/mol. The van der Waals surface area contributed by atoms with Gasteiger partial charge in [0.25, 0.3) is 0 Å². The Kier molecular flexibility index (Phi) is 5.90. The Morgan fingerprint density at radius 1 is 0.871 bits per heavy atom. The van der Waals surface area contributed by atoms with Crippen molar-refractivity contribution >= 4 is 0 Å². The first-order valence-electron chi connectivity index (χ1n) is 13.4. The highest BCUT2D eigenvalue weighted by molar-refractivity contribution is 5.20. The Morgan fingerprint density at radius 2 is 1.55 bits per heavy atom. The molecule has 2 unspecified atom stereocenters. The Bertz CT molecular complexity index is 742. The first-order valence-corrected chi connectivity index (χ1v) is 13.4. The normalized spacial score (nSPS) is 48.3. The Labute approximate surface area is 193 Å². The zero-order valence-electron chi connectivity index (χ0n) is 21.7. The third-order valence-corrected chi connectivity index (χ3v) is 11.9. The lowest BCUT2D eigenvalue weighted by Gasteiger charge is -2.69. The quantitative estimate of drug-likeness (QED) is 0.448. The first kappa shape index (κ1) is 23.6. The summed E-state index contributed by atoms with van der Waals surface area (Å²) in [4.78, 5) is 0. The SMILES string of the molecule is C=C(CCC=C(C)C)[C@H]1CC[C@@]2(C)[C@H]1CC[C@@H]1[C@@]3(C)CCC(O)C(C)(C)C3CC[C@]12C. The Balaban J connectivity index is 1.59. The molecular weight excluding hydrogens is 376 g/mol. The van der Waals surface area contributed by atoms with Crippen molar-refractivity contribution in [1.29, 1.82) is 0 Å². The van der Waals surface area contributed by atoms with Crippen LogP contribution in [0.2, 0.25) is 0 Å². The molecule has 4 fully saturated rings. The molecule has 0 aromatic heterocycles. The lowest BCUT2D eigenvalue weighted by atomic mass is 9.35. The molecule has 0 saturated heterocycles. The number of fused-ring (bicyclic) bond motifs is 5. The molecule has 4 aliphatic carbocycles.